The molecule has 0 aliphatic heterocycles. The molecule has 82 valence electrons. The summed E-state index contributed by atoms with van der Waals surface area (Å²) >= 11 is 4.88. The summed E-state index contributed by atoms with van der Waals surface area (Å²) in [6.07, 6.45) is 0. The number of ether oxygens (including phenoxy) is 1. The van der Waals surface area contributed by atoms with Crippen LogP contribution in [0.2, 0.25) is 0 Å². The summed E-state index contributed by atoms with van der Waals surface area (Å²) < 4.78 is 4.78. The zero-order chi connectivity index (χ0) is 10.8. The fraction of sp³-hybridized carbons (Fsp3) is 0.750. The van der Waals surface area contributed by atoms with Crippen molar-refractivity contribution in [3.63, 3.8) is 0 Å². The van der Waals surface area contributed by atoms with Gasteiger partial charge in [-0.05, 0) is 19.1 Å². The summed E-state index contributed by atoms with van der Waals surface area (Å²) in [6.45, 7) is 3.91. The quantitative estimate of drug-likeness (QED) is 0.404. The van der Waals surface area contributed by atoms with Crippen LogP contribution < -0.4 is 16.0 Å². The van der Waals surface area contributed by atoms with Gasteiger partial charge in [0.05, 0.1) is 13.2 Å². The first kappa shape index (κ1) is 13.1. The van der Waals surface area contributed by atoms with Crippen LogP contribution in [0.4, 0.5) is 0 Å². The minimum atomic E-state index is -0.0951. The third-order valence-corrected chi connectivity index (χ3v) is 1.66. The lowest BCUT2D eigenvalue weighted by atomic mass is 10.5. The Morgan fingerprint density at radius 3 is 2.64 bits per heavy atom. The Kier molecular flexibility index (Phi) is 8.16. The van der Waals surface area contributed by atoms with Crippen LogP contribution in [-0.2, 0) is 9.53 Å². The average molecular weight is 219 g/mol. The van der Waals surface area contributed by atoms with E-state index in [0.29, 0.717) is 18.3 Å². The summed E-state index contributed by atoms with van der Waals surface area (Å²) in [5.74, 6) is -0.0951. The number of methoxy groups -OCH3 is 1. The predicted molar refractivity (Wildman–Crippen MR) is 59.2 cm³/mol. The van der Waals surface area contributed by atoms with Crippen molar-refractivity contribution in [2.24, 2.45) is 0 Å². The van der Waals surface area contributed by atoms with Crippen molar-refractivity contribution < 1.29 is 9.53 Å². The van der Waals surface area contributed by atoms with Crippen molar-refractivity contribution in [1.29, 1.82) is 0 Å². The third-order valence-electron chi connectivity index (χ3n) is 1.38. The highest BCUT2D eigenvalue weighted by Crippen LogP contribution is 1.69. The molecule has 0 radical (unpaired) electrons. The van der Waals surface area contributed by atoms with Gasteiger partial charge in [0.15, 0.2) is 5.11 Å². The van der Waals surface area contributed by atoms with Crippen LogP contribution in [-0.4, -0.2) is 44.4 Å². The summed E-state index contributed by atoms with van der Waals surface area (Å²) in [4.78, 5) is 11.1. The van der Waals surface area contributed by atoms with E-state index >= 15 is 0 Å². The van der Waals surface area contributed by atoms with Gasteiger partial charge in [-0.2, -0.15) is 0 Å². The SMILES string of the molecule is CCNC(=S)NCC(=O)NCCOC. The number of carbonyl (C=O) groups is 1. The smallest absolute Gasteiger partial charge is 0.239 e. The Labute approximate surface area is 89.6 Å². The highest BCUT2D eigenvalue weighted by molar-refractivity contribution is 7.80. The number of amides is 1. The molecule has 3 N–H and O–H groups in total. The topological polar surface area (TPSA) is 62.4 Å². The summed E-state index contributed by atoms with van der Waals surface area (Å²) in [5.41, 5.74) is 0. The van der Waals surface area contributed by atoms with E-state index in [1.54, 1.807) is 7.11 Å². The Morgan fingerprint density at radius 2 is 2.07 bits per heavy atom. The molecule has 0 fully saturated rings. The van der Waals surface area contributed by atoms with Crippen molar-refractivity contribution in [1.82, 2.24) is 16.0 Å². The molecule has 0 bridgehead atoms. The van der Waals surface area contributed by atoms with Crippen molar-refractivity contribution >= 4 is 23.2 Å². The molecule has 14 heavy (non-hydrogen) atoms. The summed E-state index contributed by atoms with van der Waals surface area (Å²) in [5, 5.41) is 8.82. The summed E-state index contributed by atoms with van der Waals surface area (Å²) in [7, 11) is 1.59. The lowest BCUT2D eigenvalue weighted by Crippen LogP contribution is -2.42. The minimum Gasteiger partial charge on any atom is -0.383 e. The van der Waals surface area contributed by atoms with Gasteiger partial charge in [-0.1, -0.05) is 0 Å². The largest absolute Gasteiger partial charge is 0.383 e. The van der Waals surface area contributed by atoms with Crippen molar-refractivity contribution in [2.75, 3.05) is 33.4 Å². The molecule has 1 amide bonds. The molecular weight excluding hydrogens is 202 g/mol. The molecule has 0 aromatic heterocycles. The van der Waals surface area contributed by atoms with Gasteiger partial charge in [0.25, 0.3) is 0 Å². The van der Waals surface area contributed by atoms with Gasteiger partial charge in [-0.15, -0.1) is 0 Å². The number of carbonyl (C=O) groups excluding carboxylic acids is 1. The van der Waals surface area contributed by atoms with Gasteiger partial charge >= 0.3 is 0 Å². The van der Waals surface area contributed by atoms with E-state index < -0.39 is 0 Å². The average Bonchev–Trinajstić information content (AvgIpc) is 2.16. The molecule has 0 saturated carbocycles. The maximum absolute atomic E-state index is 11.1. The maximum atomic E-state index is 11.1. The molecule has 0 atom stereocenters. The molecule has 0 aromatic carbocycles. The van der Waals surface area contributed by atoms with Crippen LogP contribution in [0.5, 0.6) is 0 Å². The van der Waals surface area contributed by atoms with Crippen LogP contribution in [0.1, 0.15) is 6.92 Å². The van der Waals surface area contributed by atoms with E-state index in [4.69, 9.17) is 17.0 Å². The van der Waals surface area contributed by atoms with Crippen molar-refractivity contribution in [3.05, 3.63) is 0 Å². The van der Waals surface area contributed by atoms with Gasteiger partial charge in [0.2, 0.25) is 5.91 Å². The van der Waals surface area contributed by atoms with E-state index in [2.05, 4.69) is 16.0 Å². The molecule has 0 spiro atoms. The number of rotatable bonds is 6. The molecule has 0 heterocycles. The van der Waals surface area contributed by atoms with Gasteiger partial charge in [0.1, 0.15) is 0 Å². The lowest BCUT2D eigenvalue weighted by Gasteiger charge is -2.08. The van der Waals surface area contributed by atoms with Crippen molar-refractivity contribution in [3.8, 4) is 0 Å². The number of hydrogen-bond donors (Lipinski definition) is 3. The molecule has 0 aliphatic carbocycles. The maximum Gasteiger partial charge on any atom is 0.239 e. The lowest BCUT2D eigenvalue weighted by molar-refractivity contribution is -0.120. The minimum absolute atomic E-state index is 0.0951. The zero-order valence-corrected chi connectivity index (χ0v) is 9.37. The van der Waals surface area contributed by atoms with Crippen LogP contribution in [0, 0.1) is 0 Å². The van der Waals surface area contributed by atoms with Gasteiger partial charge in [0, 0.05) is 20.2 Å². The summed E-state index contributed by atoms with van der Waals surface area (Å²) in [6, 6.07) is 0. The molecule has 0 aromatic rings. The molecule has 0 aliphatic rings. The third kappa shape index (κ3) is 7.75. The second-order valence-electron chi connectivity index (χ2n) is 2.56. The Morgan fingerprint density at radius 1 is 1.36 bits per heavy atom. The first-order chi connectivity index (χ1) is 6.70. The van der Waals surface area contributed by atoms with E-state index in [1.165, 1.54) is 0 Å². The second-order valence-corrected chi connectivity index (χ2v) is 2.96. The first-order valence-electron chi connectivity index (χ1n) is 4.48. The first-order valence-corrected chi connectivity index (χ1v) is 4.88. The fourth-order valence-electron chi connectivity index (χ4n) is 0.739. The predicted octanol–water partition coefficient (Wildman–Crippen LogP) is -0.767. The second kappa shape index (κ2) is 8.71. The van der Waals surface area contributed by atoms with E-state index in [0.717, 1.165) is 6.54 Å². The van der Waals surface area contributed by atoms with Crippen LogP contribution in [0.25, 0.3) is 0 Å². The zero-order valence-electron chi connectivity index (χ0n) is 8.55. The number of nitrogens with one attached hydrogen (secondary N) is 3. The highest BCUT2D eigenvalue weighted by atomic mass is 32.1. The standard InChI is InChI=1S/C8H17N3O2S/c1-3-9-8(14)11-6-7(12)10-4-5-13-2/h3-6H2,1-2H3,(H,10,12)(H2,9,11,14). The van der Waals surface area contributed by atoms with Gasteiger partial charge in [-0.25, -0.2) is 0 Å². The van der Waals surface area contributed by atoms with Crippen LogP contribution in [0.15, 0.2) is 0 Å². The highest BCUT2D eigenvalue weighted by Gasteiger charge is 2.00. The fourth-order valence-corrected chi connectivity index (χ4v) is 0.955. The Bertz CT molecular complexity index is 187. The van der Waals surface area contributed by atoms with Gasteiger partial charge in [-0.3, -0.25) is 4.79 Å². The molecular formula is C8H17N3O2S. The Hall–Kier alpha value is -0.880. The van der Waals surface area contributed by atoms with E-state index in [1.807, 2.05) is 6.92 Å². The molecule has 6 heteroatoms. The van der Waals surface area contributed by atoms with E-state index in [-0.39, 0.29) is 12.5 Å². The monoisotopic (exact) mass is 219 g/mol. The molecule has 0 unspecified atom stereocenters. The number of hydrogen-bond acceptors (Lipinski definition) is 3. The van der Waals surface area contributed by atoms with Gasteiger partial charge < -0.3 is 20.7 Å². The molecule has 5 nitrogen and oxygen atoms in total. The van der Waals surface area contributed by atoms with Crippen molar-refractivity contribution in [2.45, 2.75) is 6.92 Å². The van der Waals surface area contributed by atoms with Crippen LogP contribution in [0.3, 0.4) is 0 Å². The van der Waals surface area contributed by atoms with E-state index in [9.17, 15) is 4.79 Å². The molecule has 0 rings (SSSR count). The normalized spacial score (nSPS) is 9.29. The Balaban J connectivity index is 3.39. The molecule has 0 saturated heterocycles. The van der Waals surface area contributed by atoms with Crippen LogP contribution >= 0.6 is 12.2 Å². The number of thiocarbonyl (C=S) groups is 1.